The number of benzene rings is 11. The third-order valence-electron chi connectivity index (χ3n) is 16.2. The number of alkyl halides is 6. The quantitative estimate of drug-likeness (QED) is 0.140. The van der Waals surface area contributed by atoms with E-state index in [1.165, 1.54) is 12.1 Å². The number of rotatable bonds is 8. The number of hydrogen-bond acceptors (Lipinski definition) is 1. The number of hydrogen-bond donors (Lipinski definition) is 0. The summed E-state index contributed by atoms with van der Waals surface area (Å²) < 4.78 is 95.7. The van der Waals surface area contributed by atoms with Crippen LogP contribution in [0.1, 0.15) is 38.9 Å². The maximum absolute atomic E-state index is 15.3. The second-order valence-electron chi connectivity index (χ2n) is 21.2. The highest BCUT2D eigenvalue weighted by atomic mass is 19.4. The highest BCUT2D eigenvalue weighted by molar-refractivity contribution is 6.14. The van der Waals surface area contributed by atoms with E-state index < -0.39 is 29.0 Å². The summed E-state index contributed by atoms with van der Waals surface area (Å²) in [5.41, 5.74) is 13.6. The molecule has 2 aromatic heterocycles. The van der Waals surface area contributed by atoms with Crippen LogP contribution in [0.15, 0.2) is 224 Å². The van der Waals surface area contributed by atoms with E-state index in [4.69, 9.17) is 0 Å². The van der Waals surface area contributed by atoms with Crippen LogP contribution < -0.4 is 0 Å². The fourth-order valence-electron chi connectivity index (χ4n) is 12.3. The summed E-state index contributed by atoms with van der Waals surface area (Å²) >= 11 is 0. The van der Waals surface area contributed by atoms with E-state index in [1.54, 1.807) is 12.1 Å². The fourth-order valence-corrected chi connectivity index (χ4v) is 12.3. The normalized spacial score (nSPS) is 12.0. The summed E-state index contributed by atoms with van der Waals surface area (Å²) in [5, 5.41) is 14.2. The minimum absolute atomic E-state index is 0.276. The van der Waals surface area contributed by atoms with Crippen LogP contribution in [0.2, 0.25) is 0 Å². The van der Waals surface area contributed by atoms with Crippen molar-refractivity contribution in [3.8, 4) is 84.2 Å². The van der Waals surface area contributed by atoms with Crippen LogP contribution in [0.4, 0.5) is 26.3 Å². The van der Waals surface area contributed by atoms with E-state index in [9.17, 15) is 5.26 Å². The molecular weight excluding hydrogens is 1030 g/mol. The van der Waals surface area contributed by atoms with Crippen LogP contribution in [0.25, 0.3) is 122 Å². The van der Waals surface area contributed by atoms with Gasteiger partial charge in [-0.15, -0.1) is 0 Å². The van der Waals surface area contributed by atoms with Gasteiger partial charge in [0.25, 0.3) is 0 Å². The molecule has 0 saturated carbocycles. The molecule has 0 amide bonds. The predicted molar refractivity (Wildman–Crippen MR) is 321 cm³/mol. The molecule has 0 N–H and O–H groups in total. The number of nitriles is 1. The first kappa shape index (κ1) is 51.5. The van der Waals surface area contributed by atoms with Gasteiger partial charge in [0.05, 0.1) is 56.2 Å². The topological polar surface area (TPSA) is 33.6 Å². The number of nitrogens with zero attached hydrogens (tertiary/aromatic N) is 3. The number of halogens is 6. The number of fused-ring (bicyclic) bond motifs is 6. The fraction of sp³-hybridized carbons (Fsp3) is 0.0822. The summed E-state index contributed by atoms with van der Waals surface area (Å²) in [4.78, 5) is 0. The van der Waals surface area contributed by atoms with E-state index in [2.05, 4.69) is 109 Å². The van der Waals surface area contributed by atoms with E-state index >= 15 is 26.3 Å². The molecule has 82 heavy (non-hydrogen) atoms. The molecule has 0 radical (unpaired) electrons. The van der Waals surface area contributed by atoms with Crippen LogP contribution in [0.5, 0.6) is 0 Å². The van der Waals surface area contributed by atoms with Crippen molar-refractivity contribution in [3.63, 3.8) is 0 Å². The molecule has 0 spiro atoms. The largest absolute Gasteiger partial charge is 0.417 e. The van der Waals surface area contributed by atoms with Gasteiger partial charge in [-0.05, 0) is 179 Å². The number of aryl methyl sites for hydroxylation is 4. The van der Waals surface area contributed by atoms with Gasteiger partial charge in [-0.1, -0.05) is 146 Å². The Hall–Kier alpha value is -9.91. The van der Waals surface area contributed by atoms with Gasteiger partial charge in [-0.25, -0.2) is 0 Å². The molecule has 13 rings (SSSR count). The molecule has 11 aromatic carbocycles. The SMILES string of the molecule is Cc1ccccc1-c1ccc2c(c1)c1cc(-c3ccccc3C)ccc1n2-c1cc(C#N)ccc1-c1ccc(-c2c(C(F)(F)F)cccc2C(F)(F)F)cc1-n1c2ccc(-c3ccccc3C)cc2c2cc(-c3ccccc3C)ccc21. The molecule has 0 aliphatic carbocycles. The smallest absolute Gasteiger partial charge is 0.309 e. The van der Waals surface area contributed by atoms with Gasteiger partial charge >= 0.3 is 12.4 Å². The van der Waals surface area contributed by atoms with E-state index in [-0.39, 0.29) is 5.56 Å². The van der Waals surface area contributed by atoms with Gasteiger partial charge in [0.15, 0.2) is 0 Å². The van der Waals surface area contributed by atoms with Crippen LogP contribution >= 0.6 is 0 Å². The molecule has 2 heterocycles. The van der Waals surface area contributed by atoms with Crippen molar-refractivity contribution >= 4 is 43.6 Å². The zero-order valence-electron chi connectivity index (χ0n) is 45.0. The molecule has 0 bridgehead atoms. The Morgan fingerprint density at radius 3 is 0.963 bits per heavy atom. The molecule has 0 saturated heterocycles. The molecule has 13 aromatic rings. The van der Waals surface area contributed by atoms with Gasteiger partial charge in [-0.3, -0.25) is 0 Å². The molecular formula is C73H49F6N3. The lowest BCUT2D eigenvalue weighted by molar-refractivity contribution is -0.142. The Morgan fingerprint density at radius 1 is 0.317 bits per heavy atom. The van der Waals surface area contributed by atoms with Gasteiger partial charge in [0, 0.05) is 38.2 Å². The number of aromatic nitrogens is 2. The second-order valence-corrected chi connectivity index (χ2v) is 21.2. The maximum atomic E-state index is 15.3. The van der Waals surface area contributed by atoms with Gasteiger partial charge in [-0.2, -0.15) is 31.6 Å². The van der Waals surface area contributed by atoms with Crippen molar-refractivity contribution < 1.29 is 26.3 Å². The lowest BCUT2D eigenvalue weighted by Crippen LogP contribution is -2.14. The van der Waals surface area contributed by atoms with Crippen molar-refractivity contribution in [2.75, 3.05) is 0 Å². The third-order valence-corrected chi connectivity index (χ3v) is 16.2. The third kappa shape index (κ3) is 8.70. The second kappa shape index (κ2) is 19.7. The first-order valence-electron chi connectivity index (χ1n) is 26.9. The summed E-state index contributed by atoms with van der Waals surface area (Å²) in [6, 6.07) is 71.8. The van der Waals surface area contributed by atoms with Crippen LogP contribution in [0.3, 0.4) is 0 Å². The first-order valence-corrected chi connectivity index (χ1v) is 26.9. The molecule has 9 heteroatoms. The highest BCUT2D eigenvalue weighted by Gasteiger charge is 2.41. The Kier molecular flexibility index (Phi) is 12.4. The monoisotopic (exact) mass is 1080 g/mol. The molecule has 0 atom stereocenters. The Bertz CT molecular complexity index is 4560. The van der Waals surface area contributed by atoms with Crippen molar-refractivity contribution in [1.82, 2.24) is 9.13 Å². The van der Waals surface area contributed by atoms with Crippen LogP contribution in [-0.4, -0.2) is 9.13 Å². The van der Waals surface area contributed by atoms with Crippen molar-refractivity contribution in [2.24, 2.45) is 0 Å². The average Bonchev–Trinajstić information content (AvgIpc) is 2.13. The molecule has 0 aliphatic rings. The lowest BCUT2D eigenvalue weighted by Gasteiger charge is -2.22. The maximum Gasteiger partial charge on any atom is 0.417 e. The summed E-state index contributed by atoms with van der Waals surface area (Å²) in [7, 11) is 0. The first-order chi connectivity index (χ1) is 39.5. The minimum atomic E-state index is -5.14. The van der Waals surface area contributed by atoms with Crippen LogP contribution in [0, 0.1) is 39.0 Å². The van der Waals surface area contributed by atoms with E-state index in [0.717, 1.165) is 105 Å². The Balaban J connectivity index is 1.15. The Morgan fingerprint density at radius 2 is 0.634 bits per heavy atom. The standard InChI is InChI=1S/C73H49F6N3/c1-43-14-5-9-18-53(43)48-26-32-65-59(37-48)60-38-49(54-19-10-6-15-44(54)2)27-33-66(60)81(65)69-36-47(42-80)24-30-57(69)58-31-25-52(71-63(72(74,75)76)22-13-23-64(71)73(77,78)79)41-70(58)82-67-34-28-50(55-20-11-7-16-45(55)3)39-61(67)62-40-51(29-35-68(62)82)56-21-12-8-17-46(56)4/h5-41H,1-4H3. The summed E-state index contributed by atoms with van der Waals surface area (Å²) in [5.74, 6) is 0. The van der Waals surface area contributed by atoms with E-state index in [1.807, 2.05) is 115 Å². The van der Waals surface area contributed by atoms with E-state index in [0.29, 0.717) is 51.2 Å². The van der Waals surface area contributed by atoms with Gasteiger partial charge < -0.3 is 9.13 Å². The molecule has 3 nitrogen and oxygen atoms in total. The lowest BCUT2D eigenvalue weighted by atomic mass is 9.90. The zero-order chi connectivity index (χ0) is 56.8. The zero-order valence-corrected chi connectivity index (χ0v) is 45.0. The molecule has 0 aliphatic heterocycles. The van der Waals surface area contributed by atoms with Crippen molar-refractivity contribution in [2.45, 2.75) is 40.0 Å². The predicted octanol–water partition coefficient (Wildman–Crippen LogP) is 21.0. The molecule has 398 valence electrons. The summed E-state index contributed by atoms with van der Waals surface area (Å²) in [6.45, 7) is 8.25. The highest BCUT2D eigenvalue weighted by Crippen LogP contribution is 2.49. The Labute approximate surface area is 469 Å². The van der Waals surface area contributed by atoms with Gasteiger partial charge in [0.1, 0.15) is 0 Å². The molecule has 0 fully saturated rings. The van der Waals surface area contributed by atoms with Crippen LogP contribution in [-0.2, 0) is 12.4 Å². The van der Waals surface area contributed by atoms with Crippen molar-refractivity contribution in [3.05, 3.63) is 263 Å². The van der Waals surface area contributed by atoms with Gasteiger partial charge in [0.2, 0.25) is 0 Å². The van der Waals surface area contributed by atoms with Crippen molar-refractivity contribution in [1.29, 1.82) is 5.26 Å². The molecule has 0 unspecified atom stereocenters. The minimum Gasteiger partial charge on any atom is -0.309 e. The average molecular weight is 1080 g/mol. The summed E-state index contributed by atoms with van der Waals surface area (Å²) in [6.07, 6.45) is -10.3.